The van der Waals surface area contributed by atoms with Gasteiger partial charge in [0.1, 0.15) is 22.8 Å². The summed E-state index contributed by atoms with van der Waals surface area (Å²) in [5.74, 6) is 0.0244. The second-order valence-electron chi connectivity index (χ2n) is 8.26. The molecule has 0 bridgehead atoms. The summed E-state index contributed by atoms with van der Waals surface area (Å²) >= 11 is 0. The van der Waals surface area contributed by atoms with Crippen LogP contribution in [0.2, 0.25) is 0 Å². The minimum Gasteiger partial charge on any atom is -0.487 e. The number of nitrogen functional groups attached to an aromatic ring is 1. The number of carbonyl (C=O) groups is 1. The second kappa shape index (κ2) is 7.47. The number of rotatable bonds is 3. The molecule has 2 rings (SSSR count). The Balaban J connectivity index is 2.49. The first kappa shape index (κ1) is 20.6. The molecule has 5 nitrogen and oxygen atoms in total. The molecule has 6 heteroatoms. The predicted octanol–water partition coefficient (Wildman–Crippen LogP) is 5.60. The molecule has 146 valence electrons. The zero-order chi connectivity index (χ0) is 20.4. The minimum atomic E-state index is -0.642. The summed E-state index contributed by atoms with van der Waals surface area (Å²) in [4.78, 5) is 12.1. The molecule has 2 aromatic rings. The van der Waals surface area contributed by atoms with E-state index in [0.717, 1.165) is 0 Å². The van der Waals surface area contributed by atoms with Crippen molar-refractivity contribution in [2.45, 2.75) is 52.7 Å². The van der Waals surface area contributed by atoms with Crippen molar-refractivity contribution < 1.29 is 18.7 Å². The van der Waals surface area contributed by atoms with Crippen LogP contribution >= 0.6 is 0 Å². The summed E-state index contributed by atoms with van der Waals surface area (Å²) in [6, 6.07) is 9.56. The van der Waals surface area contributed by atoms with Gasteiger partial charge in [0.2, 0.25) is 0 Å². The van der Waals surface area contributed by atoms with Gasteiger partial charge in [-0.05, 0) is 53.7 Å². The van der Waals surface area contributed by atoms with Crippen molar-refractivity contribution in [1.82, 2.24) is 0 Å². The molecule has 0 heterocycles. The molecule has 0 radical (unpaired) electrons. The Morgan fingerprint density at radius 2 is 1.63 bits per heavy atom. The zero-order valence-corrected chi connectivity index (χ0v) is 16.6. The third-order valence-corrected chi connectivity index (χ3v) is 3.37. The number of halogens is 1. The lowest BCUT2D eigenvalue weighted by Crippen LogP contribution is -2.27. The number of nitrogens with two attached hydrogens (primary N) is 1. The van der Waals surface area contributed by atoms with Crippen LogP contribution in [0.25, 0.3) is 11.1 Å². The number of amides is 1. The first-order chi connectivity index (χ1) is 12.4. The number of nitrogens with one attached hydrogen (secondary N) is 1. The topological polar surface area (TPSA) is 73.6 Å². The maximum atomic E-state index is 14.3. The molecule has 0 saturated heterocycles. The van der Waals surface area contributed by atoms with Gasteiger partial charge >= 0.3 is 6.09 Å². The lowest BCUT2D eigenvalue weighted by atomic mass is 10.0. The van der Waals surface area contributed by atoms with Crippen molar-refractivity contribution in [3.63, 3.8) is 0 Å². The molecule has 0 aliphatic heterocycles. The Kier molecular flexibility index (Phi) is 5.68. The van der Waals surface area contributed by atoms with Crippen LogP contribution < -0.4 is 15.8 Å². The largest absolute Gasteiger partial charge is 0.487 e. The quantitative estimate of drug-likeness (QED) is 0.686. The Hall–Kier alpha value is -2.76. The van der Waals surface area contributed by atoms with Crippen molar-refractivity contribution in [3.05, 3.63) is 42.2 Å². The summed E-state index contributed by atoms with van der Waals surface area (Å²) in [6.07, 6.45) is -0.630. The van der Waals surface area contributed by atoms with Gasteiger partial charge in [-0.15, -0.1) is 0 Å². The lowest BCUT2D eigenvalue weighted by molar-refractivity contribution is 0.0636. The molecule has 0 saturated carbocycles. The van der Waals surface area contributed by atoms with Crippen molar-refractivity contribution in [1.29, 1.82) is 0 Å². The van der Waals surface area contributed by atoms with Crippen LogP contribution in [0.3, 0.4) is 0 Å². The fourth-order valence-corrected chi connectivity index (χ4v) is 2.42. The minimum absolute atomic E-state index is 0.278. The molecular formula is C21H27FN2O3. The summed E-state index contributed by atoms with van der Waals surface area (Å²) in [6.45, 7) is 11.0. The highest BCUT2D eigenvalue weighted by Gasteiger charge is 2.21. The van der Waals surface area contributed by atoms with Crippen LogP contribution in [0.15, 0.2) is 36.4 Å². The van der Waals surface area contributed by atoms with Crippen molar-refractivity contribution in [2.24, 2.45) is 0 Å². The molecule has 0 fully saturated rings. The van der Waals surface area contributed by atoms with Gasteiger partial charge in [-0.2, -0.15) is 0 Å². The van der Waals surface area contributed by atoms with Crippen LogP contribution in [-0.2, 0) is 4.74 Å². The number of ether oxygens (including phenoxy) is 2. The van der Waals surface area contributed by atoms with E-state index in [2.05, 4.69) is 5.32 Å². The molecule has 27 heavy (non-hydrogen) atoms. The number of carbonyl (C=O) groups excluding carboxylic acids is 1. The maximum absolute atomic E-state index is 14.3. The molecule has 0 atom stereocenters. The van der Waals surface area contributed by atoms with E-state index in [4.69, 9.17) is 15.2 Å². The van der Waals surface area contributed by atoms with Gasteiger partial charge in [0.15, 0.2) is 0 Å². The highest BCUT2D eigenvalue weighted by Crippen LogP contribution is 2.39. The first-order valence-electron chi connectivity index (χ1n) is 8.73. The molecule has 3 N–H and O–H groups in total. The third kappa shape index (κ3) is 5.88. The van der Waals surface area contributed by atoms with Crippen LogP contribution in [0.1, 0.15) is 41.5 Å². The Morgan fingerprint density at radius 1 is 1.00 bits per heavy atom. The van der Waals surface area contributed by atoms with Gasteiger partial charge in [0, 0.05) is 17.2 Å². The summed E-state index contributed by atoms with van der Waals surface area (Å²) in [5.41, 5.74) is 6.43. The van der Waals surface area contributed by atoms with Crippen molar-refractivity contribution >= 4 is 17.5 Å². The average Bonchev–Trinajstić information content (AvgIpc) is 2.47. The van der Waals surface area contributed by atoms with E-state index in [0.29, 0.717) is 22.6 Å². The highest BCUT2D eigenvalue weighted by molar-refractivity contribution is 5.92. The molecule has 0 aliphatic carbocycles. The van der Waals surface area contributed by atoms with Crippen LogP contribution in [-0.4, -0.2) is 17.3 Å². The van der Waals surface area contributed by atoms with E-state index < -0.39 is 17.3 Å². The Bertz CT molecular complexity index is 836. The van der Waals surface area contributed by atoms with E-state index in [1.807, 2.05) is 20.8 Å². The Labute approximate surface area is 159 Å². The van der Waals surface area contributed by atoms with Crippen LogP contribution in [0.5, 0.6) is 5.75 Å². The standard InChI is InChI=1S/C21H27FN2O3/c1-20(2,3)26-18-12-17(24-19(25)27-21(4,5)6)16(23)11-14(18)13-9-7-8-10-15(13)22/h7-12H,23H2,1-6H3,(H,24,25). The first-order valence-corrected chi connectivity index (χ1v) is 8.73. The predicted molar refractivity (Wildman–Crippen MR) is 106 cm³/mol. The number of anilines is 2. The average molecular weight is 374 g/mol. The molecular weight excluding hydrogens is 347 g/mol. The third-order valence-electron chi connectivity index (χ3n) is 3.37. The molecule has 0 spiro atoms. The van der Waals surface area contributed by atoms with Gasteiger partial charge in [0.05, 0.1) is 11.4 Å². The number of hydrogen-bond donors (Lipinski definition) is 2. The van der Waals surface area contributed by atoms with Crippen LogP contribution in [0.4, 0.5) is 20.6 Å². The molecule has 1 amide bonds. The van der Waals surface area contributed by atoms with E-state index in [9.17, 15) is 9.18 Å². The lowest BCUT2D eigenvalue weighted by Gasteiger charge is -2.25. The zero-order valence-electron chi connectivity index (χ0n) is 16.6. The highest BCUT2D eigenvalue weighted by atomic mass is 19.1. The fourth-order valence-electron chi connectivity index (χ4n) is 2.42. The summed E-state index contributed by atoms with van der Waals surface area (Å²) in [5, 5.41) is 2.63. The fraction of sp³-hybridized carbons (Fsp3) is 0.381. The van der Waals surface area contributed by atoms with Gasteiger partial charge in [-0.3, -0.25) is 5.32 Å². The monoisotopic (exact) mass is 374 g/mol. The van der Waals surface area contributed by atoms with Gasteiger partial charge < -0.3 is 15.2 Å². The van der Waals surface area contributed by atoms with E-state index >= 15 is 0 Å². The van der Waals surface area contributed by atoms with Crippen LogP contribution in [0, 0.1) is 5.82 Å². The summed E-state index contributed by atoms with van der Waals surface area (Å²) in [7, 11) is 0. The molecule has 0 aromatic heterocycles. The molecule has 2 aromatic carbocycles. The van der Waals surface area contributed by atoms with E-state index in [1.54, 1.807) is 51.1 Å². The number of hydrogen-bond acceptors (Lipinski definition) is 4. The Morgan fingerprint density at radius 3 is 2.19 bits per heavy atom. The van der Waals surface area contributed by atoms with E-state index in [1.165, 1.54) is 6.07 Å². The normalized spacial score (nSPS) is 11.8. The molecule has 0 aliphatic rings. The smallest absolute Gasteiger partial charge is 0.412 e. The van der Waals surface area contributed by atoms with Crippen molar-refractivity contribution in [3.8, 4) is 16.9 Å². The SMILES string of the molecule is CC(C)(C)OC(=O)Nc1cc(OC(C)(C)C)c(-c2ccccc2F)cc1N. The number of benzene rings is 2. The molecule has 0 unspecified atom stereocenters. The van der Waals surface area contributed by atoms with Gasteiger partial charge in [0.25, 0.3) is 0 Å². The van der Waals surface area contributed by atoms with E-state index in [-0.39, 0.29) is 11.5 Å². The van der Waals surface area contributed by atoms with Crippen molar-refractivity contribution in [2.75, 3.05) is 11.1 Å². The summed E-state index contributed by atoms with van der Waals surface area (Å²) < 4.78 is 25.6. The second-order valence-corrected chi connectivity index (χ2v) is 8.26. The van der Waals surface area contributed by atoms with Gasteiger partial charge in [-0.1, -0.05) is 18.2 Å². The van der Waals surface area contributed by atoms with Gasteiger partial charge in [-0.25, -0.2) is 9.18 Å². The maximum Gasteiger partial charge on any atom is 0.412 e.